The topological polar surface area (TPSA) is 118 Å². The zero-order valence-electron chi connectivity index (χ0n) is 18.7. The van der Waals surface area contributed by atoms with Crippen LogP contribution in [0.5, 0.6) is 0 Å². The minimum absolute atomic E-state index is 0. The molecule has 0 radical (unpaired) electrons. The van der Waals surface area contributed by atoms with Crippen LogP contribution in [0.15, 0.2) is 107 Å². The van der Waals surface area contributed by atoms with Gasteiger partial charge in [0.2, 0.25) is 0 Å². The van der Waals surface area contributed by atoms with Crippen LogP contribution in [0.25, 0.3) is 0 Å². The zero-order chi connectivity index (χ0) is 24.6. The average molecular weight is 657 g/mol. The molecule has 8 heteroatoms. The molecule has 6 rings (SSSR count). The molecule has 0 fully saturated rings. The molecule has 0 aliphatic carbocycles. The summed E-state index contributed by atoms with van der Waals surface area (Å²) in [5, 5.41) is 21.4. The van der Waals surface area contributed by atoms with E-state index in [9.17, 15) is 19.8 Å². The molecule has 2 aliphatic heterocycles. The molecule has 0 amide bonds. The molecule has 3 heterocycles. The molecule has 7 nitrogen and oxygen atoms in total. The summed E-state index contributed by atoms with van der Waals surface area (Å²) in [5.74, 6) is -2.32. The number of ketones is 2. The number of carbonyl (C=O) groups is 2. The summed E-state index contributed by atoms with van der Waals surface area (Å²) in [6.07, 6.45) is 2.68. The van der Waals surface area contributed by atoms with Crippen LogP contribution in [0.3, 0.4) is 0 Å². The van der Waals surface area contributed by atoms with E-state index in [-0.39, 0.29) is 22.4 Å². The molecule has 1 aromatic heterocycles. The van der Waals surface area contributed by atoms with E-state index in [4.69, 9.17) is 0 Å². The predicted octanol–water partition coefficient (Wildman–Crippen LogP) is 3.02. The van der Waals surface area contributed by atoms with Gasteiger partial charge in [0.25, 0.3) is 0 Å². The van der Waals surface area contributed by atoms with Gasteiger partial charge in [-0.2, -0.15) is 35.9 Å². The fourth-order valence-electron chi connectivity index (χ4n) is 3.32. The summed E-state index contributed by atoms with van der Waals surface area (Å²) in [7, 11) is 0. The van der Waals surface area contributed by atoms with Crippen LogP contribution < -0.4 is 10.2 Å². The third-order valence-corrected chi connectivity index (χ3v) is 5.00. The minimum Gasteiger partial charge on any atom is -0.856 e. The summed E-state index contributed by atoms with van der Waals surface area (Å²) < 4.78 is 0. The Morgan fingerprint density at radius 2 is 1.19 bits per heavy atom. The van der Waals surface area contributed by atoms with Crippen LogP contribution in [0.2, 0.25) is 0 Å². The van der Waals surface area contributed by atoms with Crippen molar-refractivity contribution in [2.45, 2.75) is 6.42 Å². The number of hydrogen-bond donors (Lipinski definition) is 0. The van der Waals surface area contributed by atoms with Gasteiger partial charge in [-0.3, -0.25) is 24.6 Å². The van der Waals surface area contributed by atoms with Crippen molar-refractivity contribution < 1.29 is 42.2 Å². The van der Waals surface area contributed by atoms with Crippen LogP contribution in [0.4, 0.5) is 11.4 Å². The quantitative estimate of drug-likeness (QED) is 0.243. The fourth-order valence-corrected chi connectivity index (χ4v) is 3.32. The number of pyridine rings is 1. The predicted molar refractivity (Wildman–Crippen MR) is 128 cm³/mol. The van der Waals surface area contributed by atoms with Gasteiger partial charge in [0.15, 0.2) is 11.6 Å². The summed E-state index contributed by atoms with van der Waals surface area (Å²) in [6, 6.07) is 30.6. The molecule has 3 aromatic carbocycles. The number of hydrogen-bond acceptors (Lipinski definition) is 7. The first-order valence-corrected chi connectivity index (χ1v) is 10.7. The molecule has 0 bridgehead atoms. The Morgan fingerprint density at radius 1 is 0.667 bits per heavy atom. The van der Waals surface area contributed by atoms with Gasteiger partial charge >= 0.3 is 22.4 Å². The number of rotatable bonds is 2. The van der Waals surface area contributed by atoms with Crippen LogP contribution in [0.1, 0.15) is 32.0 Å². The fraction of sp³-hybridized carbons (Fsp3) is 0.0357. The molecular weight excluding hydrogens is 639 g/mol. The third-order valence-electron chi connectivity index (χ3n) is 5.00. The van der Waals surface area contributed by atoms with Gasteiger partial charge in [0, 0.05) is 34.8 Å². The van der Waals surface area contributed by atoms with E-state index in [1.54, 1.807) is 48.5 Å². The number of benzene rings is 3. The van der Waals surface area contributed by atoms with Gasteiger partial charge in [-0.25, -0.2) is 0 Å². The molecule has 0 saturated heterocycles. The molecule has 0 N–H and O–H groups in total. The first-order valence-electron chi connectivity index (χ1n) is 10.7. The van der Waals surface area contributed by atoms with E-state index < -0.39 is 23.4 Å². The average Bonchev–Trinajstić information content (AvgIpc) is 3.35. The summed E-state index contributed by atoms with van der Waals surface area (Å²) in [5.41, 5.74) is 4.08. The maximum atomic E-state index is 11.0. The molecule has 4 aromatic rings. The first-order chi connectivity index (χ1) is 17.0. The van der Waals surface area contributed by atoms with Crippen molar-refractivity contribution in [3.8, 4) is 0 Å². The minimum atomic E-state index is -0.661. The maximum absolute atomic E-state index is 11.0. The van der Waals surface area contributed by atoms with Crippen molar-refractivity contribution in [3.63, 3.8) is 0 Å². The Morgan fingerprint density at radius 3 is 1.67 bits per heavy atom. The largest absolute Gasteiger partial charge is 3.00 e. The van der Waals surface area contributed by atoms with Crippen molar-refractivity contribution >= 4 is 34.7 Å². The Labute approximate surface area is 223 Å². The molecule has 0 atom stereocenters. The normalized spacial score (nSPS) is 12.4. The summed E-state index contributed by atoms with van der Waals surface area (Å²) in [6.45, 7) is 0. The van der Waals surface area contributed by atoms with Crippen LogP contribution in [-0.2, 0) is 28.8 Å². The number of para-hydroxylation sites is 2. The van der Waals surface area contributed by atoms with Crippen molar-refractivity contribution in [1.82, 2.24) is 4.98 Å². The van der Waals surface area contributed by atoms with E-state index in [0.717, 1.165) is 12.1 Å². The number of carbonyl (C=O) groups excluding carboxylic acids is 2. The molecule has 180 valence electrons. The van der Waals surface area contributed by atoms with Gasteiger partial charge in [-0.15, -0.1) is 0 Å². The molecule has 0 saturated carbocycles. The number of fused-ring (bicyclic) bond motifs is 2. The monoisotopic (exact) mass is 657 g/mol. The molecule has 36 heavy (non-hydrogen) atoms. The first kappa shape index (κ1) is 26.4. The SMILES string of the molecule is O=C1C([O-])=Nc2ccccc21.O=C1C([O-])=Nc2ccccc21.[Au+3].[c-]1ccccc1Cc1ccccn1. The second kappa shape index (κ2) is 12.5. The van der Waals surface area contributed by atoms with Crippen molar-refractivity contribution in [2.75, 3.05) is 0 Å². The number of nitrogens with zero attached hydrogens (tertiary/aromatic N) is 3. The van der Waals surface area contributed by atoms with Crippen molar-refractivity contribution in [2.24, 2.45) is 9.98 Å². The molecule has 0 unspecified atom stereocenters. The van der Waals surface area contributed by atoms with E-state index >= 15 is 0 Å². The standard InChI is InChI=1S/C12H10N.2C8H5NO2.Au/c1-2-6-11(7-3-1)10-12-8-4-5-9-13-12;2*10-7-5-3-1-2-4-6(5)9-8(7)11;/h1-6,8-9H,10H2;2*1-4H,(H,9,10,11);/q-1;;;+3/p-2. The third kappa shape index (κ3) is 6.49. The molecule has 2 aliphatic rings. The van der Waals surface area contributed by atoms with Gasteiger partial charge in [-0.1, -0.05) is 30.3 Å². The Hall–Kier alpha value is -4.17. The van der Waals surface area contributed by atoms with Gasteiger partial charge < -0.3 is 10.2 Å². The number of aromatic nitrogens is 1. The van der Waals surface area contributed by atoms with Gasteiger partial charge in [-0.05, 0) is 42.8 Å². The van der Waals surface area contributed by atoms with E-state index in [2.05, 4.69) is 27.1 Å². The zero-order valence-corrected chi connectivity index (χ0v) is 20.9. The van der Waals surface area contributed by atoms with E-state index in [1.807, 2.05) is 42.6 Å². The van der Waals surface area contributed by atoms with Gasteiger partial charge in [0.1, 0.15) is 0 Å². The summed E-state index contributed by atoms with van der Waals surface area (Å²) in [4.78, 5) is 33.2. The number of Topliss-reactive ketones (excluding diaryl/α,β-unsaturated/α-hetero) is 2. The Bertz CT molecular complexity index is 1310. The van der Waals surface area contributed by atoms with Crippen molar-refractivity contribution in [3.05, 3.63) is 126 Å². The van der Waals surface area contributed by atoms with Crippen molar-refractivity contribution in [1.29, 1.82) is 0 Å². The van der Waals surface area contributed by atoms with Crippen LogP contribution >= 0.6 is 0 Å². The van der Waals surface area contributed by atoms with E-state index in [1.165, 1.54) is 5.56 Å². The number of aliphatic imine (C=N–C) groups is 2. The van der Waals surface area contributed by atoms with E-state index in [0.29, 0.717) is 22.5 Å². The van der Waals surface area contributed by atoms with Crippen LogP contribution in [0, 0.1) is 6.07 Å². The Kier molecular flexibility index (Phi) is 9.19. The molecular formula is C28H18AuN3O4. The second-order valence-electron chi connectivity index (χ2n) is 7.41. The Balaban J connectivity index is 0.000000149. The van der Waals surface area contributed by atoms with Crippen LogP contribution in [-0.4, -0.2) is 28.3 Å². The second-order valence-corrected chi connectivity index (χ2v) is 7.41. The maximum Gasteiger partial charge on any atom is 3.00 e. The smallest absolute Gasteiger partial charge is 0.856 e. The summed E-state index contributed by atoms with van der Waals surface area (Å²) >= 11 is 0. The van der Waals surface area contributed by atoms with Gasteiger partial charge in [0.05, 0.1) is 11.4 Å². The molecule has 0 spiro atoms.